The number of pyridine rings is 1. The fraction of sp³-hybridized carbons (Fsp3) is 0.389. The molecule has 0 aliphatic carbocycles. The van der Waals surface area contributed by atoms with Crippen molar-refractivity contribution < 1.29 is 4.74 Å². The van der Waals surface area contributed by atoms with Crippen LogP contribution in [0.4, 0.5) is 0 Å². The van der Waals surface area contributed by atoms with E-state index in [-0.39, 0.29) is 5.41 Å². The van der Waals surface area contributed by atoms with Crippen molar-refractivity contribution in [2.45, 2.75) is 24.8 Å². The number of rotatable bonds is 5. The van der Waals surface area contributed by atoms with Crippen LogP contribution in [0.15, 0.2) is 48.7 Å². The first kappa shape index (κ1) is 15.5. The van der Waals surface area contributed by atoms with Gasteiger partial charge in [0, 0.05) is 42.9 Å². The molecule has 116 valence electrons. The lowest BCUT2D eigenvalue weighted by Gasteiger charge is -2.38. The third-order valence-electron chi connectivity index (χ3n) is 4.39. The van der Waals surface area contributed by atoms with Crippen LogP contribution in [0.3, 0.4) is 0 Å². The fourth-order valence-electron chi connectivity index (χ4n) is 3.13. The van der Waals surface area contributed by atoms with Gasteiger partial charge >= 0.3 is 0 Å². The smallest absolute Gasteiger partial charge is 0.0541 e. The highest BCUT2D eigenvalue weighted by molar-refractivity contribution is 6.31. The molecule has 0 radical (unpaired) electrons. The zero-order valence-electron chi connectivity index (χ0n) is 12.6. The lowest BCUT2D eigenvalue weighted by molar-refractivity contribution is 0.0498. The van der Waals surface area contributed by atoms with E-state index < -0.39 is 0 Å². The van der Waals surface area contributed by atoms with Gasteiger partial charge in [-0.2, -0.15) is 0 Å². The van der Waals surface area contributed by atoms with Gasteiger partial charge in [-0.15, -0.1) is 0 Å². The Morgan fingerprint density at radius 3 is 2.59 bits per heavy atom. The molecular formula is C18H21ClN2O. The van der Waals surface area contributed by atoms with Crippen molar-refractivity contribution in [2.24, 2.45) is 0 Å². The molecule has 2 aromatic rings. The van der Waals surface area contributed by atoms with Gasteiger partial charge in [0.25, 0.3) is 0 Å². The van der Waals surface area contributed by atoms with Crippen LogP contribution in [0.5, 0.6) is 0 Å². The second-order valence-electron chi connectivity index (χ2n) is 5.80. The zero-order chi connectivity index (χ0) is 15.3. The Balaban J connectivity index is 1.74. The molecule has 1 aliphatic heterocycles. The molecule has 1 aliphatic rings. The molecule has 1 fully saturated rings. The minimum absolute atomic E-state index is 0.0470. The van der Waals surface area contributed by atoms with Gasteiger partial charge in [-0.25, -0.2) is 0 Å². The first-order valence-electron chi connectivity index (χ1n) is 7.74. The van der Waals surface area contributed by atoms with E-state index in [2.05, 4.69) is 22.4 Å². The van der Waals surface area contributed by atoms with Crippen LogP contribution in [-0.4, -0.2) is 24.7 Å². The van der Waals surface area contributed by atoms with Gasteiger partial charge in [-0.1, -0.05) is 35.9 Å². The summed E-state index contributed by atoms with van der Waals surface area (Å²) in [5.41, 5.74) is 2.34. The Labute approximate surface area is 136 Å². The Morgan fingerprint density at radius 1 is 1.09 bits per heavy atom. The molecule has 1 aromatic heterocycles. The standard InChI is InChI=1S/C18H21ClN2O/c19-17-7-2-1-6-16(17)18(8-11-22-12-9-18)14-20-13-15-5-3-4-10-21-15/h1-7,10,20H,8-9,11-14H2. The Kier molecular flexibility index (Phi) is 5.08. The number of hydrogen-bond acceptors (Lipinski definition) is 3. The summed E-state index contributed by atoms with van der Waals surface area (Å²) in [6, 6.07) is 14.2. The summed E-state index contributed by atoms with van der Waals surface area (Å²) in [6.07, 6.45) is 3.81. The van der Waals surface area contributed by atoms with Crippen molar-refractivity contribution in [3.63, 3.8) is 0 Å². The summed E-state index contributed by atoms with van der Waals surface area (Å²) in [5, 5.41) is 4.41. The van der Waals surface area contributed by atoms with E-state index in [1.165, 1.54) is 5.56 Å². The van der Waals surface area contributed by atoms with Gasteiger partial charge in [-0.05, 0) is 36.6 Å². The Morgan fingerprint density at radius 2 is 1.86 bits per heavy atom. The van der Waals surface area contributed by atoms with Crippen LogP contribution < -0.4 is 5.32 Å². The molecule has 4 heteroatoms. The van der Waals surface area contributed by atoms with E-state index >= 15 is 0 Å². The lowest BCUT2D eigenvalue weighted by Crippen LogP contribution is -2.43. The van der Waals surface area contributed by atoms with E-state index in [1.807, 2.05) is 36.5 Å². The van der Waals surface area contributed by atoms with E-state index in [0.29, 0.717) is 0 Å². The molecule has 3 nitrogen and oxygen atoms in total. The minimum Gasteiger partial charge on any atom is -0.381 e. The first-order chi connectivity index (χ1) is 10.8. The molecule has 0 atom stereocenters. The van der Waals surface area contributed by atoms with Crippen molar-refractivity contribution in [3.8, 4) is 0 Å². The number of aromatic nitrogens is 1. The molecule has 0 bridgehead atoms. The molecule has 3 rings (SSSR count). The Hall–Kier alpha value is -1.42. The SMILES string of the molecule is Clc1ccccc1C1(CNCc2ccccn2)CCOCC1. The van der Waals surface area contributed by atoms with Gasteiger partial charge in [0.05, 0.1) is 5.69 Å². The van der Waals surface area contributed by atoms with Crippen molar-refractivity contribution in [1.29, 1.82) is 0 Å². The predicted molar refractivity (Wildman–Crippen MR) is 89.1 cm³/mol. The Bertz CT molecular complexity index is 597. The number of halogens is 1. The van der Waals surface area contributed by atoms with Crippen LogP contribution in [-0.2, 0) is 16.7 Å². The summed E-state index contributed by atoms with van der Waals surface area (Å²) in [6.45, 7) is 3.23. The number of nitrogens with one attached hydrogen (secondary N) is 1. The molecule has 2 heterocycles. The summed E-state index contributed by atoms with van der Waals surface area (Å²) in [4.78, 5) is 4.36. The van der Waals surface area contributed by atoms with Crippen LogP contribution in [0.1, 0.15) is 24.1 Å². The van der Waals surface area contributed by atoms with Gasteiger partial charge in [0.15, 0.2) is 0 Å². The maximum absolute atomic E-state index is 6.46. The van der Waals surface area contributed by atoms with Gasteiger partial charge < -0.3 is 10.1 Å². The van der Waals surface area contributed by atoms with E-state index in [9.17, 15) is 0 Å². The summed E-state index contributed by atoms with van der Waals surface area (Å²) < 4.78 is 5.57. The van der Waals surface area contributed by atoms with E-state index in [4.69, 9.17) is 16.3 Å². The predicted octanol–water partition coefficient (Wildman–Crippen LogP) is 3.57. The molecule has 0 saturated carbocycles. The topological polar surface area (TPSA) is 34.2 Å². The lowest BCUT2D eigenvalue weighted by atomic mass is 9.74. The maximum Gasteiger partial charge on any atom is 0.0541 e. The average Bonchev–Trinajstić information content (AvgIpc) is 2.57. The quantitative estimate of drug-likeness (QED) is 0.915. The van der Waals surface area contributed by atoms with Crippen molar-refractivity contribution in [1.82, 2.24) is 10.3 Å². The molecule has 0 amide bonds. The van der Waals surface area contributed by atoms with Crippen molar-refractivity contribution in [2.75, 3.05) is 19.8 Å². The number of hydrogen-bond donors (Lipinski definition) is 1. The molecular weight excluding hydrogens is 296 g/mol. The highest BCUT2D eigenvalue weighted by Crippen LogP contribution is 2.38. The van der Waals surface area contributed by atoms with Crippen LogP contribution in [0.2, 0.25) is 5.02 Å². The number of ether oxygens (including phenoxy) is 1. The fourth-order valence-corrected chi connectivity index (χ4v) is 3.46. The number of benzene rings is 1. The summed E-state index contributed by atoms with van der Waals surface area (Å²) >= 11 is 6.46. The second kappa shape index (κ2) is 7.23. The highest BCUT2D eigenvalue weighted by Gasteiger charge is 2.35. The summed E-state index contributed by atoms with van der Waals surface area (Å²) in [5.74, 6) is 0. The third-order valence-corrected chi connectivity index (χ3v) is 4.72. The third kappa shape index (κ3) is 3.49. The minimum atomic E-state index is 0.0470. The molecule has 1 saturated heterocycles. The highest BCUT2D eigenvalue weighted by atomic mass is 35.5. The monoisotopic (exact) mass is 316 g/mol. The molecule has 1 N–H and O–H groups in total. The maximum atomic E-state index is 6.46. The largest absolute Gasteiger partial charge is 0.381 e. The van der Waals surface area contributed by atoms with Gasteiger partial charge in [0.2, 0.25) is 0 Å². The zero-order valence-corrected chi connectivity index (χ0v) is 13.4. The summed E-state index contributed by atoms with van der Waals surface area (Å²) in [7, 11) is 0. The van der Waals surface area contributed by atoms with Crippen LogP contribution in [0.25, 0.3) is 0 Å². The van der Waals surface area contributed by atoms with Gasteiger partial charge in [0.1, 0.15) is 0 Å². The van der Waals surface area contributed by atoms with Crippen molar-refractivity contribution >= 4 is 11.6 Å². The number of nitrogens with zero attached hydrogens (tertiary/aromatic N) is 1. The normalized spacial score (nSPS) is 17.3. The molecule has 0 unspecified atom stereocenters. The van der Waals surface area contributed by atoms with Gasteiger partial charge in [-0.3, -0.25) is 4.98 Å². The second-order valence-corrected chi connectivity index (χ2v) is 6.20. The van der Waals surface area contributed by atoms with E-state index in [1.54, 1.807) is 0 Å². The first-order valence-corrected chi connectivity index (χ1v) is 8.11. The molecule has 1 aromatic carbocycles. The van der Waals surface area contributed by atoms with Crippen molar-refractivity contribution in [3.05, 3.63) is 64.9 Å². The molecule has 0 spiro atoms. The van der Waals surface area contributed by atoms with Crippen LogP contribution >= 0.6 is 11.6 Å². The van der Waals surface area contributed by atoms with Crippen LogP contribution in [0, 0.1) is 0 Å². The molecule has 22 heavy (non-hydrogen) atoms. The van der Waals surface area contributed by atoms with E-state index in [0.717, 1.165) is 49.9 Å². The average molecular weight is 317 g/mol.